The number of fused-ring (bicyclic) bond motifs is 1. The topological polar surface area (TPSA) is 15.3 Å². The Balaban J connectivity index is 1.90. The van der Waals surface area contributed by atoms with Gasteiger partial charge in [-0.15, -0.1) is 0 Å². The van der Waals surface area contributed by atoms with Gasteiger partial charge in [0.25, 0.3) is 0 Å². The summed E-state index contributed by atoms with van der Waals surface area (Å²) >= 11 is 0. The smallest absolute Gasteiger partial charge is 0.0218 e. The lowest BCUT2D eigenvalue weighted by molar-refractivity contribution is 0.0483. The van der Waals surface area contributed by atoms with Crippen molar-refractivity contribution in [2.45, 2.75) is 77.8 Å². The van der Waals surface area contributed by atoms with E-state index in [1.807, 2.05) is 0 Å². The second-order valence-corrected chi connectivity index (χ2v) is 7.05. The van der Waals surface area contributed by atoms with Crippen LogP contribution in [0.1, 0.15) is 65.7 Å². The van der Waals surface area contributed by atoms with Gasteiger partial charge in [0.05, 0.1) is 0 Å². The SMILES string of the molecule is CCCNC(CN1CCCC2CCCCC21)C(C)C. The van der Waals surface area contributed by atoms with Crippen LogP contribution >= 0.6 is 0 Å². The molecule has 1 heterocycles. The molecule has 2 heteroatoms. The molecule has 0 aromatic heterocycles. The van der Waals surface area contributed by atoms with Crippen molar-refractivity contribution in [2.24, 2.45) is 11.8 Å². The largest absolute Gasteiger partial charge is 0.312 e. The lowest BCUT2D eigenvalue weighted by Gasteiger charge is -2.46. The van der Waals surface area contributed by atoms with Gasteiger partial charge in [-0.05, 0) is 57.0 Å². The highest BCUT2D eigenvalue weighted by molar-refractivity contribution is 4.89. The quantitative estimate of drug-likeness (QED) is 0.789. The lowest BCUT2D eigenvalue weighted by atomic mass is 9.78. The van der Waals surface area contributed by atoms with E-state index in [9.17, 15) is 0 Å². The first-order valence-corrected chi connectivity index (χ1v) is 8.69. The monoisotopic (exact) mass is 266 g/mol. The summed E-state index contributed by atoms with van der Waals surface area (Å²) in [6.45, 7) is 10.8. The first-order valence-electron chi connectivity index (χ1n) is 8.69. The second kappa shape index (κ2) is 7.64. The van der Waals surface area contributed by atoms with Gasteiger partial charge in [0.1, 0.15) is 0 Å². The van der Waals surface area contributed by atoms with Crippen LogP contribution in [0.2, 0.25) is 0 Å². The molecule has 1 N–H and O–H groups in total. The van der Waals surface area contributed by atoms with Crippen LogP contribution in [0.4, 0.5) is 0 Å². The molecule has 0 aromatic rings. The average Bonchev–Trinajstić information content (AvgIpc) is 2.43. The third-order valence-electron chi connectivity index (χ3n) is 5.25. The summed E-state index contributed by atoms with van der Waals surface area (Å²) in [6.07, 6.45) is 10.1. The summed E-state index contributed by atoms with van der Waals surface area (Å²) in [5, 5.41) is 3.77. The summed E-state index contributed by atoms with van der Waals surface area (Å²) in [7, 11) is 0. The summed E-state index contributed by atoms with van der Waals surface area (Å²) < 4.78 is 0. The predicted molar refractivity (Wildman–Crippen MR) is 83.5 cm³/mol. The zero-order chi connectivity index (χ0) is 13.7. The van der Waals surface area contributed by atoms with Crippen LogP contribution in [0.25, 0.3) is 0 Å². The van der Waals surface area contributed by atoms with Crippen molar-refractivity contribution in [1.29, 1.82) is 0 Å². The molecule has 3 unspecified atom stereocenters. The maximum Gasteiger partial charge on any atom is 0.0218 e. The Hall–Kier alpha value is -0.0800. The molecule has 2 aliphatic rings. The molecule has 0 aromatic carbocycles. The first-order chi connectivity index (χ1) is 9.22. The van der Waals surface area contributed by atoms with Gasteiger partial charge < -0.3 is 5.32 Å². The van der Waals surface area contributed by atoms with Crippen molar-refractivity contribution in [3.63, 3.8) is 0 Å². The molecule has 2 rings (SSSR count). The van der Waals surface area contributed by atoms with E-state index < -0.39 is 0 Å². The molecule has 0 spiro atoms. The first kappa shape index (κ1) is 15.3. The fourth-order valence-corrected chi connectivity index (χ4v) is 4.05. The van der Waals surface area contributed by atoms with Gasteiger partial charge in [0.15, 0.2) is 0 Å². The number of hydrogen-bond donors (Lipinski definition) is 1. The van der Waals surface area contributed by atoms with Crippen LogP contribution in [0, 0.1) is 11.8 Å². The van der Waals surface area contributed by atoms with E-state index in [1.54, 1.807) is 0 Å². The number of piperidine rings is 1. The van der Waals surface area contributed by atoms with Crippen molar-refractivity contribution in [1.82, 2.24) is 10.2 Å². The molecular formula is C17H34N2. The third-order valence-corrected chi connectivity index (χ3v) is 5.25. The van der Waals surface area contributed by atoms with Crippen LogP contribution in [0.15, 0.2) is 0 Å². The summed E-state index contributed by atoms with van der Waals surface area (Å²) in [6, 6.07) is 1.59. The molecule has 112 valence electrons. The van der Waals surface area contributed by atoms with Crippen molar-refractivity contribution in [3.8, 4) is 0 Å². The molecule has 3 atom stereocenters. The van der Waals surface area contributed by atoms with E-state index >= 15 is 0 Å². The van der Waals surface area contributed by atoms with Crippen LogP contribution < -0.4 is 5.32 Å². The Labute approximate surface area is 120 Å². The van der Waals surface area contributed by atoms with Crippen molar-refractivity contribution < 1.29 is 0 Å². The molecule has 1 saturated heterocycles. The van der Waals surface area contributed by atoms with E-state index in [0.717, 1.165) is 17.9 Å². The van der Waals surface area contributed by atoms with Crippen LogP contribution in [-0.2, 0) is 0 Å². The highest BCUT2D eigenvalue weighted by Crippen LogP contribution is 2.35. The van der Waals surface area contributed by atoms with E-state index in [-0.39, 0.29) is 0 Å². The maximum atomic E-state index is 3.77. The van der Waals surface area contributed by atoms with Crippen LogP contribution in [0.3, 0.4) is 0 Å². The molecule has 1 saturated carbocycles. The molecule has 0 bridgehead atoms. The lowest BCUT2D eigenvalue weighted by Crippen LogP contribution is -2.53. The molecule has 1 aliphatic heterocycles. The van der Waals surface area contributed by atoms with E-state index in [2.05, 4.69) is 31.0 Å². The second-order valence-electron chi connectivity index (χ2n) is 7.05. The summed E-state index contributed by atoms with van der Waals surface area (Å²) in [5.41, 5.74) is 0. The van der Waals surface area contributed by atoms with Crippen LogP contribution in [0.5, 0.6) is 0 Å². The van der Waals surface area contributed by atoms with E-state index in [4.69, 9.17) is 0 Å². The van der Waals surface area contributed by atoms with E-state index in [1.165, 1.54) is 64.6 Å². The highest BCUT2D eigenvalue weighted by Gasteiger charge is 2.34. The van der Waals surface area contributed by atoms with Gasteiger partial charge in [-0.25, -0.2) is 0 Å². The molecule has 2 fully saturated rings. The molecule has 2 nitrogen and oxygen atoms in total. The fourth-order valence-electron chi connectivity index (χ4n) is 4.05. The Morgan fingerprint density at radius 1 is 1.11 bits per heavy atom. The van der Waals surface area contributed by atoms with Gasteiger partial charge in [0, 0.05) is 18.6 Å². The number of rotatable bonds is 6. The minimum Gasteiger partial charge on any atom is -0.312 e. The third kappa shape index (κ3) is 4.19. The van der Waals surface area contributed by atoms with Crippen LogP contribution in [-0.4, -0.2) is 36.6 Å². The Kier molecular flexibility index (Phi) is 6.15. The summed E-state index contributed by atoms with van der Waals surface area (Å²) in [5.74, 6) is 1.76. The summed E-state index contributed by atoms with van der Waals surface area (Å²) in [4.78, 5) is 2.83. The zero-order valence-electron chi connectivity index (χ0n) is 13.3. The molecular weight excluding hydrogens is 232 g/mol. The molecule has 0 radical (unpaired) electrons. The minimum absolute atomic E-state index is 0.681. The normalized spacial score (nSPS) is 30.3. The van der Waals surface area contributed by atoms with Crippen molar-refractivity contribution in [2.75, 3.05) is 19.6 Å². The Morgan fingerprint density at radius 3 is 2.58 bits per heavy atom. The number of nitrogens with zero attached hydrogens (tertiary/aromatic N) is 1. The number of hydrogen-bond acceptors (Lipinski definition) is 2. The fraction of sp³-hybridized carbons (Fsp3) is 1.00. The predicted octanol–water partition coefficient (Wildman–Crippen LogP) is 3.67. The Bertz CT molecular complexity index is 250. The van der Waals surface area contributed by atoms with E-state index in [0.29, 0.717) is 6.04 Å². The molecule has 1 aliphatic carbocycles. The molecule has 19 heavy (non-hydrogen) atoms. The maximum absolute atomic E-state index is 3.77. The van der Waals surface area contributed by atoms with Crippen molar-refractivity contribution in [3.05, 3.63) is 0 Å². The number of nitrogens with one attached hydrogen (secondary N) is 1. The van der Waals surface area contributed by atoms with Gasteiger partial charge >= 0.3 is 0 Å². The van der Waals surface area contributed by atoms with Crippen molar-refractivity contribution >= 4 is 0 Å². The van der Waals surface area contributed by atoms with Gasteiger partial charge in [-0.2, -0.15) is 0 Å². The number of likely N-dealkylation sites (tertiary alicyclic amines) is 1. The molecule has 0 amide bonds. The zero-order valence-corrected chi connectivity index (χ0v) is 13.3. The standard InChI is InChI=1S/C17H34N2/c1-4-11-18-16(14(2)3)13-19-12-7-9-15-8-5-6-10-17(15)19/h14-18H,4-13H2,1-3H3. The highest BCUT2D eigenvalue weighted by atomic mass is 15.2. The van der Waals surface area contributed by atoms with Gasteiger partial charge in [-0.1, -0.05) is 33.6 Å². The van der Waals surface area contributed by atoms with Gasteiger partial charge in [0.2, 0.25) is 0 Å². The average molecular weight is 266 g/mol. The minimum atomic E-state index is 0.681. The Morgan fingerprint density at radius 2 is 1.84 bits per heavy atom. The van der Waals surface area contributed by atoms with Gasteiger partial charge in [-0.3, -0.25) is 4.90 Å².